The van der Waals surface area contributed by atoms with Crippen LogP contribution >= 0.6 is 11.3 Å². The van der Waals surface area contributed by atoms with E-state index in [1.807, 2.05) is 11.3 Å². The van der Waals surface area contributed by atoms with Crippen molar-refractivity contribution in [2.24, 2.45) is 0 Å². The summed E-state index contributed by atoms with van der Waals surface area (Å²) in [7, 11) is 0. The molecule has 212 valence electrons. The molecule has 0 aliphatic heterocycles. The van der Waals surface area contributed by atoms with E-state index in [2.05, 4.69) is 156 Å². The van der Waals surface area contributed by atoms with E-state index in [1.54, 1.807) is 0 Å². The molecular weight excluding hydrogens is 575 g/mol. The molecule has 2 heteroatoms. The Kier molecular flexibility index (Phi) is 4.78. The van der Waals surface area contributed by atoms with Crippen molar-refractivity contribution < 1.29 is 0 Å². The van der Waals surface area contributed by atoms with Gasteiger partial charge in [0.05, 0.1) is 11.0 Å². The van der Waals surface area contributed by atoms with Gasteiger partial charge in [0.25, 0.3) is 0 Å². The Morgan fingerprint density at radius 1 is 0.413 bits per heavy atom. The number of hydrogen-bond donors (Lipinski definition) is 0. The molecule has 0 spiro atoms. The molecule has 0 unspecified atom stereocenters. The molecule has 1 nitrogen and oxygen atoms in total. The quantitative estimate of drug-likeness (QED) is 0.186. The number of nitrogens with zero attached hydrogens (tertiary/aromatic N) is 1. The summed E-state index contributed by atoms with van der Waals surface area (Å²) < 4.78 is 5.21. The molecule has 0 fully saturated rings. The van der Waals surface area contributed by atoms with Crippen LogP contribution in [-0.4, -0.2) is 4.57 Å². The van der Waals surface area contributed by atoms with Gasteiger partial charge in [-0.25, -0.2) is 0 Å². The fourth-order valence-electron chi connectivity index (χ4n) is 8.19. The van der Waals surface area contributed by atoms with Crippen molar-refractivity contribution in [3.8, 4) is 39.1 Å². The Hall–Kier alpha value is -5.70. The Morgan fingerprint density at radius 3 is 2.02 bits per heavy atom. The Morgan fingerprint density at radius 2 is 1.11 bits per heavy atom. The summed E-state index contributed by atoms with van der Waals surface area (Å²) in [6.45, 7) is 0. The SMILES string of the molecule is c1cc(-c2cccc3c2sc2ccccc23)cc(-n2c3cc4c5c(cccc5c3c3ccc5ccccc5c32)-c2ccccc2-4)c1. The van der Waals surface area contributed by atoms with Crippen LogP contribution in [0, 0.1) is 0 Å². The third-order valence-corrected chi connectivity index (χ3v) is 11.3. The molecule has 11 rings (SSSR count). The summed E-state index contributed by atoms with van der Waals surface area (Å²) in [6.07, 6.45) is 0. The number of thiophene rings is 1. The molecule has 46 heavy (non-hydrogen) atoms. The van der Waals surface area contributed by atoms with Gasteiger partial charge in [0, 0.05) is 42.0 Å². The fourth-order valence-corrected chi connectivity index (χ4v) is 9.43. The lowest BCUT2D eigenvalue weighted by molar-refractivity contribution is 1.19. The van der Waals surface area contributed by atoms with Gasteiger partial charge in [-0.05, 0) is 73.8 Å². The molecular formula is C44H25NS. The molecule has 1 aliphatic carbocycles. The van der Waals surface area contributed by atoms with E-state index in [4.69, 9.17) is 0 Å². The van der Waals surface area contributed by atoms with Crippen molar-refractivity contribution in [2.75, 3.05) is 0 Å². The maximum absolute atomic E-state index is 2.53. The summed E-state index contributed by atoms with van der Waals surface area (Å²) in [5.41, 5.74) is 11.5. The van der Waals surface area contributed by atoms with Crippen molar-refractivity contribution in [1.29, 1.82) is 0 Å². The minimum absolute atomic E-state index is 1.18. The van der Waals surface area contributed by atoms with E-state index in [0.29, 0.717) is 0 Å². The lowest BCUT2D eigenvalue weighted by atomic mass is 9.97. The third kappa shape index (κ3) is 3.14. The highest BCUT2D eigenvalue weighted by Crippen LogP contribution is 2.51. The minimum Gasteiger partial charge on any atom is -0.309 e. The van der Waals surface area contributed by atoms with Gasteiger partial charge in [-0.3, -0.25) is 0 Å². The predicted molar refractivity (Wildman–Crippen MR) is 199 cm³/mol. The van der Waals surface area contributed by atoms with Crippen LogP contribution in [0.3, 0.4) is 0 Å². The largest absolute Gasteiger partial charge is 0.309 e. The Labute approximate surface area is 269 Å². The topological polar surface area (TPSA) is 4.93 Å². The van der Waals surface area contributed by atoms with Crippen LogP contribution in [0.2, 0.25) is 0 Å². The van der Waals surface area contributed by atoms with Gasteiger partial charge < -0.3 is 4.57 Å². The molecule has 2 heterocycles. The van der Waals surface area contributed by atoms with Crippen LogP contribution in [0.25, 0.3) is 103 Å². The average molecular weight is 600 g/mol. The molecule has 0 radical (unpaired) electrons. The van der Waals surface area contributed by atoms with Gasteiger partial charge in [-0.15, -0.1) is 11.3 Å². The average Bonchev–Trinajstić information content (AvgIpc) is 3.77. The second kappa shape index (κ2) is 8.94. The molecule has 0 atom stereocenters. The van der Waals surface area contributed by atoms with Crippen molar-refractivity contribution in [2.45, 2.75) is 0 Å². The Balaban J connectivity index is 1.27. The second-order valence-electron chi connectivity index (χ2n) is 12.4. The highest BCUT2D eigenvalue weighted by atomic mass is 32.1. The molecule has 0 bridgehead atoms. The highest BCUT2D eigenvalue weighted by molar-refractivity contribution is 7.26. The van der Waals surface area contributed by atoms with E-state index < -0.39 is 0 Å². The van der Waals surface area contributed by atoms with Crippen LogP contribution < -0.4 is 0 Å². The van der Waals surface area contributed by atoms with Crippen LogP contribution in [0.1, 0.15) is 0 Å². The lowest BCUT2D eigenvalue weighted by Gasteiger charge is -2.13. The smallest absolute Gasteiger partial charge is 0.0619 e. The standard InChI is InChI=1S/C44H25NS/c1-2-13-29-26(10-1)22-23-37-42-36-20-9-18-34-31-14-3-4-15-32(31)38(41(34)36)25-39(42)45(43(29)37)28-12-7-11-27(24-28)30-17-8-19-35-33-16-5-6-21-40(33)46-44(30)35/h1-25H. The number of rotatable bonds is 2. The van der Waals surface area contributed by atoms with Gasteiger partial charge in [0.1, 0.15) is 0 Å². The van der Waals surface area contributed by atoms with Gasteiger partial charge in [-0.2, -0.15) is 0 Å². The van der Waals surface area contributed by atoms with Crippen molar-refractivity contribution in [3.63, 3.8) is 0 Å². The normalized spacial score (nSPS) is 12.3. The fraction of sp³-hybridized carbons (Fsp3) is 0. The summed E-state index contributed by atoms with van der Waals surface area (Å²) in [5.74, 6) is 0. The van der Waals surface area contributed by atoms with E-state index in [-0.39, 0.29) is 0 Å². The molecule has 8 aromatic carbocycles. The summed E-state index contributed by atoms with van der Waals surface area (Å²) in [5, 5.41) is 10.5. The zero-order chi connectivity index (χ0) is 29.9. The summed E-state index contributed by atoms with van der Waals surface area (Å²) in [4.78, 5) is 0. The number of fused-ring (bicyclic) bond motifs is 12. The first-order valence-corrected chi connectivity index (χ1v) is 16.7. The maximum atomic E-state index is 2.53. The predicted octanol–water partition coefficient (Wildman–Crippen LogP) is 12.8. The van der Waals surface area contributed by atoms with Crippen molar-refractivity contribution >= 4 is 74.9 Å². The molecule has 0 saturated heterocycles. The van der Waals surface area contributed by atoms with Crippen LogP contribution in [0.15, 0.2) is 152 Å². The molecule has 1 aliphatic rings. The lowest BCUT2D eigenvalue weighted by Crippen LogP contribution is -1.95. The second-order valence-corrected chi connectivity index (χ2v) is 13.5. The summed E-state index contributed by atoms with van der Waals surface area (Å²) >= 11 is 1.89. The minimum atomic E-state index is 1.18. The molecule has 0 amide bonds. The number of hydrogen-bond acceptors (Lipinski definition) is 1. The Bertz CT molecular complexity index is 2920. The summed E-state index contributed by atoms with van der Waals surface area (Å²) in [6, 6.07) is 56.3. The molecule has 0 N–H and O–H groups in total. The van der Waals surface area contributed by atoms with E-state index >= 15 is 0 Å². The zero-order valence-corrected chi connectivity index (χ0v) is 25.6. The van der Waals surface area contributed by atoms with Gasteiger partial charge in [0.15, 0.2) is 0 Å². The van der Waals surface area contributed by atoms with Crippen molar-refractivity contribution in [1.82, 2.24) is 4.57 Å². The monoisotopic (exact) mass is 599 g/mol. The zero-order valence-electron chi connectivity index (χ0n) is 24.8. The van der Waals surface area contributed by atoms with E-state index in [1.165, 1.54) is 103 Å². The molecule has 2 aromatic heterocycles. The van der Waals surface area contributed by atoms with E-state index in [0.717, 1.165) is 0 Å². The van der Waals surface area contributed by atoms with Crippen LogP contribution in [-0.2, 0) is 0 Å². The highest BCUT2D eigenvalue weighted by Gasteiger charge is 2.26. The first-order chi connectivity index (χ1) is 22.8. The third-order valence-electron chi connectivity index (χ3n) is 10.1. The van der Waals surface area contributed by atoms with Gasteiger partial charge >= 0.3 is 0 Å². The van der Waals surface area contributed by atoms with Gasteiger partial charge in [-0.1, -0.05) is 127 Å². The number of aromatic nitrogens is 1. The van der Waals surface area contributed by atoms with Crippen LogP contribution in [0.4, 0.5) is 0 Å². The van der Waals surface area contributed by atoms with E-state index in [9.17, 15) is 0 Å². The van der Waals surface area contributed by atoms with Crippen molar-refractivity contribution in [3.05, 3.63) is 152 Å². The molecule has 10 aromatic rings. The number of benzene rings is 8. The van der Waals surface area contributed by atoms with Gasteiger partial charge in [0.2, 0.25) is 0 Å². The first kappa shape index (κ1) is 24.6. The first-order valence-electron chi connectivity index (χ1n) is 15.9. The maximum Gasteiger partial charge on any atom is 0.0619 e. The molecule has 0 saturated carbocycles. The van der Waals surface area contributed by atoms with Crippen LogP contribution in [0.5, 0.6) is 0 Å².